The minimum atomic E-state index is -0.363. The molecule has 0 aromatic heterocycles. The number of benzene rings is 1. The number of hydrogen-bond donors (Lipinski definition) is 2. The number of hydrogen-bond acceptors (Lipinski definition) is 2. The largest absolute Gasteiger partial charge is 0.385 e. The summed E-state index contributed by atoms with van der Waals surface area (Å²) in [5.74, 6) is 0.0363. The third-order valence-corrected chi connectivity index (χ3v) is 2.68. The van der Waals surface area contributed by atoms with Gasteiger partial charge in [0.2, 0.25) is 5.91 Å². The second-order valence-corrected chi connectivity index (χ2v) is 5.56. The molecule has 3 nitrogen and oxygen atoms in total. The molecule has 0 atom stereocenters. The quantitative estimate of drug-likeness (QED) is 0.776. The van der Waals surface area contributed by atoms with Crippen molar-refractivity contribution in [1.82, 2.24) is 0 Å². The van der Waals surface area contributed by atoms with Gasteiger partial charge in [-0.15, -0.1) is 0 Å². The predicted molar refractivity (Wildman–Crippen MR) is 77.9 cm³/mol. The van der Waals surface area contributed by atoms with Crippen LogP contribution in [0.4, 0.5) is 11.4 Å². The van der Waals surface area contributed by atoms with Crippen LogP contribution in [0.25, 0.3) is 0 Å². The van der Waals surface area contributed by atoms with Crippen LogP contribution >= 0.6 is 0 Å². The lowest BCUT2D eigenvalue weighted by atomic mass is 9.95. The molecule has 18 heavy (non-hydrogen) atoms. The summed E-state index contributed by atoms with van der Waals surface area (Å²) in [6.07, 6.45) is 2.36. The summed E-state index contributed by atoms with van der Waals surface area (Å²) >= 11 is 0. The summed E-state index contributed by atoms with van der Waals surface area (Å²) < 4.78 is 0. The maximum absolute atomic E-state index is 11.8. The number of rotatable bonds is 5. The average Bonchev–Trinajstić information content (AvgIpc) is 2.30. The van der Waals surface area contributed by atoms with Crippen LogP contribution in [0, 0.1) is 5.41 Å². The third kappa shape index (κ3) is 4.78. The zero-order valence-corrected chi connectivity index (χ0v) is 11.8. The molecule has 0 aliphatic heterocycles. The van der Waals surface area contributed by atoms with Gasteiger partial charge in [-0.05, 0) is 30.7 Å². The predicted octanol–water partition coefficient (Wildman–Crippen LogP) is 3.88. The van der Waals surface area contributed by atoms with Gasteiger partial charge in [-0.2, -0.15) is 0 Å². The molecule has 100 valence electrons. The van der Waals surface area contributed by atoms with Crippen molar-refractivity contribution < 1.29 is 4.79 Å². The fraction of sp³-hybridized carbons (Fsp3) is 0.533. The molecule has 1 aromatic carbocycles. The molecule has 0 bridgehead atoms. The summed E-state index contributed by atoms with van der Waals surface area (Å²) in [5.41, 5.74) is 1.58. The first-order valence-electron chi connectivity index (χ1n) is 6.59. The summed E-state index contributed by atoms with van der Waals surface area (Å²) in [4.78, 5) is 11.8. The van der Waals surface area contributed by atoms with Crippen LogP contribution in [0.1, 0.15) is 40.5 Å². The maximum atomic E-state index is 11.8. The van der Waals surface area contributed by atoms with Gasteiger partial charge in [-0.1, -0.05) is 34.1 Å². The highest BCUT2D eigenvalue weighted by Gasteiger charge is 2.20. The van der Waals surface area contributed by atoms with Crippen molar-refractivity contribution in [2.45, 2.75) is 40.5 Å². The fourth-order valence-electron chi connectivity index (χ4n) is 1.40. The highest BCUT2D eigenvalue weighted by molar-refractivity contribution is 5.94. The molecule has 1 amide bonds. The van der Waals surface area contributed by atoms with E-state index in [1.165, 1.54) is 12.8 Å². The Balaban J connectivity index is 2.53. The number of carbonyl (C=O) groups excluding carboxylic acids is 1. The first-order chi connectivity index (χ1) is 8.43. The van der Waals surface area contributed by atoms with Gasteiger partial charge in [0.15, 0.2) is 0 Å². The highest BCUT2D eigenvalue weighted by atomic mass is 16.2. The summed E-state index contributed by atoms with van der Waals surface area (Å²) in [6, 6.07) is 7.84. The lowest BCUT2D eigenvalue weighted by Gasteiger charge is -2.17. The van der Waals surface area contributed by atoms with Gasteiger partial charge in [0.05, 0.1) is 0 Å². The van der Waals surface area contributed by atoms with Crippen molar-refractivity contribution in [3.05, 3.63) is 24.3 Å². The fourth-order valence-corrected chi connectivity index (χ4v) is 1.40. The second-order valence-electron chi connectivity index (χ2n) is 5.56. The zero-order valence-electron chi connectivity index (χ0n) is 11.8. The lowest BCUT2D eigenvalue weighted by Crippen LogP contribution is -2.27. The van der Waals surface area contributed by atoms with Crippen LogP contribution in [-0.2, 0) is 4.79 Å². The Morgan fingerprint density at radius 1 is 1.11 bits per heavy atom. The molecule has 0 saturated heterocycles. The van der Waals surface area contributed by atoms with Crippen LogP contribution < -0.4 is 10.6 Å². The van der Waals surface area contributed by atoms with Gasteiger partial charge in [0, 0.05) is 23.3 Å². The van der Waals surface area contributed by atoms with E-state index in [2.05, 4.69) is 17.6 Å². The molecule has 1 aromatic rings. The van der Waals surface area contributed by atoms with E-state index in [9.17, 15) is 4.79 Å². The molecule has 0 radical (unpaired) electrons. The average molecular weight is 248 g/mol. The van der Waals surface area contributed by atoms with Gasteiger partial charge < -0.3 is 10.6 Å². The van der Waals surface area contributed by atoms with E-state index >= 15 is 0 Å². The van der Waals surface area contributed by atoms with E-state index in [-0.39, 0.29) is 11.3 Å². The monoisotopic (exact) mass is 248 g/mol. The number of carbonyl (C=O) groups is 1. The normalized spacial score (nSPS) is 11.1. The van der Waals surface area contributed by atoms with Crippen LogP contribution in [-0.4, -0.2) is 12.5 Å². The Hall–Kier alpha value is -1.51. The number of anilines is 2. The minimum absolute atomic E-state index is 0.0363. The molecule has 0 saturated carbocycles. The molecular formula is C15H24N2O. The molecule has 0 aliphatic rings. The second kappa shape index (κ2) is 6.43. The Labute approximate surface area is 110 Å². The number of amides is 1. The molecule has 0 unspecified atom stereocenters. The van der Waals surface area contributed by atoms with Crippen LogP contribution in [0.3, 0.4) is 0 Å². The first kappa shape index (κ1) is 14.6. The van der Waals surface area contributed by atoms with Crippen LogP contribution in [0.2, 0.25) is 0 Å². The Morgan fingerprint density at radius 2 is 1.67 bits per heavy atom. The molecule has 0 heterocycles. The van der Waals surface area contributed by atoms with Crippen molar-refractivity contribution in [2.24, 2.45) is 5.41 Å². The van der Waals surface area contributed by atoms with Crippen molar-refractivity contribution in [1.29, 1.82) is 0 Å². The minimum Gasteiger partial charge on any atom is -0.385 e. The van der Waals surface area contributed by atoms with Crippen molar-refractivity contribution in [3.8, 4) is 0 Å². The van der Waals surface area contributed by atoms with Crippen molar-refractivity contribution >= 4 is 17.3 Å². The van der Waals surface area contributed by atoms with E-state index in [1.54, 1.807) is 0 Å². The molecule has 2 N–H and O–H groups in total. The smallest absolute Gasteiger partial charge is 0.229 e. The van der Waals surface area contributed by atoms with Crippen molar-refractivity contribution in [3.63, 3.8) is 0 Å². The Morgan fingerprint density at radius 3 is 2.17 bits per heavy atom. The van der Waals surface area contributed by atoms with Crippen LogP contribution in [0.15, 0.2) is 24.3 Å². The molecular weight excluding hydrogens is 224 g/mol. The molecule has 0 spiro atoms. The van der Waals surface area contributed by atoms with Crippen molar-refractivity contribution in [2.75, 3.05) is 17.2 Å². The summed E-state index contributed by atoms with van der Waals surface area (Å²) in [5, 5.41) is 6.25. The van der Waals surface area contributed by atoms with Gasteiger partial charge in [-0.25, -0.2) is 0 Å². The Bertz CT molecular complexity index is 376. The van der Waals surface area contributed by atoms with E-state index in [0.717, 1.165) is 17.9 Å². The highest BCUT2D eigenvalue weighted by Crippen LogP contribution is 2.19. The number of nitrogens with one attached hydrogen (secondary N) is 2. The van der Waals surface area contributed by atoms with Gasteiger partial charge in [-0.3, -0.25) is 4.79 Å². The van der Waals surface area contributed by atoms with E-state index in [0.29, 0.717) is 0 Å². The Kier molecular flexibility index (Phi) is 5.20. The topological polar surface area (TPSA) is 41.1 Å². The molecule has 0 fully saturated rings. The number of unbranched alkanes of at least 4 members (excludes halogenated alkanes) is 1. The molecule has 0 aliphatic carbocycles. The van der Waals surface area contributed by atoms with E-state index in [1.807, 2.05) is 45.0 Å². The zero-order chi connectivity index (χ0) is 13.6. The third-order valence-electron chi connectivity index (χ3n) is 2.68. The van der Waals surface area contributed by atoms with Crippen LogP contribution in [0.5, 0.6) is 0 Å². The summed E-state index contributed by atoms with van der Waals surface area (Å²) in [6.45, 7) is 8.88. The van der Waals surface area contributed by atoms with Gasteiger partial charge >= 0.3 is 0 Å². The van der Waals surface area contributed by atoms with E-state index in [4.69, 9.17) is 0 Å². The maximum Gasteiger partial charge on any atom is 0.229 e. The standard InChI is InChI=1S/C15H24N2O/c1-5-6-11-16-12-7-9-13(10-8-12)17-14(18)15(2,3)4/h7-10,16H,5-6,11H2,1-4H3,(H,17,18). The SMILES string of the molecule is CCCCNc1ccc(NC(=O)C(C)(C)C)cc1. The van der Waals surface area contributed by atoms with E-state index < -0.39 is 0 Å². The first-order valence-corrected chi connectivity index (χ1v) is 6.59. The van der Waals surface area contributed by atoms with Gasteiger partial charge in [0.25, 0.3) is 0 Å². The molecule has 3 heteroatoms. The lowest BCUT2D eigenvalue weighted by molar-refractivity contribution is -0.123. The van der Waals surface area contributed by atoms with Gasteiger partial charge in [0.1, 0.15) is 0 Å². The molecule has 1 rings (SSSR count). The summed E-state index contributed by atoms with van der Waals surface area (Å²) in [7, 11) is 0.